The quantitative estimate of drug-likeness (QED) is 0.661. The molecular weight excluding hydrogens is 264 g/mol. The van der Waals surface area contributed by atoms with Gasteiger partial charge in [-0.3, -0.25) is 11.3 Å². The van der Waals surface area contributed by atoms with E-state index >= 15 is 0 Å². The van der Waals surface area contributed by atoms with Crippen LogP contribution in [-0.2, 0) is 4.74 Å². The van der Waals surface area contributed by atoms with Crippen LogP contribution in [0.15, 0.2) is 18.2 Å². The lowest BCUT2D eigenvalue weighted by Crippen LogP contribution is -2.41. The molecule has 1 saturated heterocycles. The minimum atomic E-state index is -0.241. The smallest absolute Gasteiger partial charge is 0.123 e. The van der Waals surface area contributed by atoms with Gasteiger partial charge in [0.25, 0.3) is 0 Å². The maximum atomic E-state index is 6.22. The van der Waals surface area contributed by atoms with E-state index in [9.17, 15) is 0 Å². The number of hydrazine groups is 1. The molecule has 0 aromatic heterocycles. The van der Waals surface area contributed by atoms with Gasteiger partial charge < -0.3 is 9.47 Å². The second-order valence-electron chi connectivity index (χ2n) is 7.17. The summed E-state index contributed by atoms with van der Waals surface area (Å²) in [6.07, 6.45) is 0.950. The Bertz CT molecular complexity index is 512. The third kappa shape index (κ3) is 3.23. The molecule has 0 spiro atoms. The highest BCUT2D eigenvalue weighted by Gasteiger charge is 2.49. The maximum Gasteiger partial charge on any atom is 0.123 e. The highest BCUT2D eigenvalue weighted by molar-refractivity contribution is 5.40. The molecule has 0 saturated carbocycles. The first-order valence-corrected chi connectivity index (χ1v) is 7.51. The maximum absolute atomic E-state index is 6.22. The Hall–Kier alpha value is -1.10. The van der Waals surface area contributed by atoms with E-state index in [2.05, 4.69) is 52.2 Å². The lowest BCUT2D eigenvalue weighted by Gasteiger charge is -2.33. The number of hydrogen-bond acceptors (Lipinski definition) is 4. The van der Waals surface area contributed by atoms with Crippen molar-refractivity contribution in [3.8, 4) is 5.75 Å². The van der Waals surface area contributed by atoms with Crippen molar-refractivity contribution in [2.75, 3.05) is 7.11 Å². The van der Waals surface area contributed by atoms with Crippen LogP contribution < -0.4 is 16.0 Å². The zero-order chi connectivity index (χ0) is 15.8. The fraction of sp³-hybridized carbons (Fsp3) is 0.647. The van der Waals surface area contributed by atoms with Crippen LogP contribution in [0.4, 0.5) is 0 Å². The SMILES string of the molecule is COc1ccc(C)cc1C(NN)C1CC(C)(C)OC1(C)C. The van der Waals surface area contributed by atoms with Crippen LogP contribution in [0.3, 0.4) is 0 Å². The van der Waals surface area contributed by atoms with Crippen LogP contribution in [0.25, 0.3) is 0 Å². The molecule has 0 aliphatic carbocycles. The van der Waals surface area contributed by atoms with Crippen molar-refractivity contribution >= 4 is 0 Å². The molecule has 1 aromatic carbocycles. The Labute approximate surface area is 128 Å². The lowest BCUT2D eigenvalue weighted by atomic mass is 9.78. The van der Waals surface area contributed by atoms with Gasteiger partial charge in [0.15, 0.2) is 0 Å². The first kappa shape index (κ1) is 16.3. The van der Waals surface area contributed by atoms with Gasteiger partial charge in [-0.05, 0) is 47.1 Å². The number of rotatable bonds is 4. The molecule has 4 nitrogen and oxygen atoms in total. The van der Waals surface area contributed by atoms with Gasteiger partial charge in [-0.1, -0.05) is 17.7 Å². The van der Waals surface area contributed by atoms with Gasteiger partial charge >= 0.3 is 0 Å². The number of methoxy groups -OCH3 is 1. The summed E-state index contributed by atoms with van der Waals surface area (Å²) < 4.78 is 11.7. The van der Waals surface area contributed by atoms with Crippen molar-refractivity contribution in [3.63, 3.8) is 0 Å². The van der Waals surface area contributed by atoms with E-state index in [-0.39, 0.29) is 23.2 Å². The normalized spacial score (nSPS) is 24.8. The number of nitrogens with one attached hydrogen (secondary N) is 1. The van der Waals surface area contributed by atoms with Crippen molar-refractivity contribution in [3.05, 3.63) is 29.3 Å². The van der Waals surface area contributed by atoms with E-state index in [0.717, 1.165) is 17.7 Å². The molecule has 0 radical (unpaired) electrons. The van der Waals surface area contributed by atoms with Crippen LogP contribution in [0.1, 0.15) is 51.3 Å². The molecule has 21 heavy (non-hydrogen) atoms. The fourth-order valence-corrected chi connectivity index (χ4v) is 3.64. The first-order valence-electron chi connectivity index (χ1n) is 7.51. The third-order valence-electron chi connectivity index (χ3n) is 4.45. The molecule has 1 aromatic rings. The van der Waals surface area contributed by atoms with E-state index in [1.807, 2.05) is 6.07 Å². The summed E-state index contributed by atoms with van der Waals surface area (Å²) in [6, 6.07) is 6.20. The molecule has 1 aliphatic heterocycles. The van der Waals surface area contributed by atoms with Crippen molar-refractivity contribution in [1.29, 1.82) is 0 Å². The van der Waals surface area contributed by atoms with Crippen molar-refractivity contribution < 1.29 is 9.47 Å². The lowest BCUT2D eigenvalue weighted by molar-refractivity contribution is -0.0779. The predicted octanol–water partition coefficient (Wildman–Crippen LogP) is 3.10. The predicted molar refractivity (Wildman–Crippen MR) is 85.1 cm³/mol. The summed E-state index contributed by atoms with van der Waals surface area (Å²) in [4.78, 5) is 0. The summed E-state index contributed by atoms with van der Waals surface area (Å²) in [5, 5.41) is 0. The molecule has 118 valence electrons. The number of aryl methyl sites for hydroxylation is 1. The highest BCUT2D eigenvalue weighted by atomic mass is 16.5. The number of hydrogen-bond donors (Lipinski definition) is 2. The van der Waals surface area contributed by atoms with Crippen molar-refractivity contribution in [2.45, 2.75) is 58.3 Å². The summed E-state index contributed by atoms with van der Waals surface area (Å²) in [7, 11) is 1.70. The Balaban J connectivity index is 2.43. The Morgan fingerprint density at radius 3 is 2.48 bits per heavy atom. The van der Waals surface area contributed by atoms with E-state index in [1.165, 1.54) is 5.56 Å². The van der Waals surface area contributed by atoms with Crippen LogP contribution >= 0.6 is 0 Å². The topological polar surface area (TPSA) is 56.5 Å². The van der Waals surface area contributed by atoms with Crippen LogP contribution in [0.5, 0.6) is 5.75 Å². The van der Waals surface area contributed by atoms with E-state index in [1.54, 1.807) is 7.11 Å². The van der Waals surface area contributed by atoms with Crippen LogP contribution in [0, 0.1) is 12.8 Å². The summed E-state index contributed by atoms with van der Waals surface area (Å²) in [6.45, 7) is 10.6. The molecule has 2 unspecified atom stereocenters. The fourth-order valence-electron chi connectivity index (χ4n) is 3.64. The zero-order valence-corrected chi connectivity index (χ0v) is 14.0. The average Bonchev–Trinajstić information content (AvgIpc) is 2.59. The molecule has 1 fully saturated rings. The molecule has 2 rings (SSSR count). The van der Waals surface area contributed by atoms with Crippen molar-refractivity contribution in [2.24, 2.45) is 11.8 Å². The number of ether oxygens (including phenoxy) is 2. The number of nitrogens with two attached hydrogens (primary N) is 1. The largest absolute Gasteiger partial charge is 0.496 e. The van der Waals surface area contributed by atoms with Gasteiger partial charge in [0.2, 0.25) is 0 Å². The second kappa shape index (κ2) is 5.59. The second-order valence-corrected chi connectivity index (χ2v) is 7.17. The van der Waals surface area contributed by atoms with Gasteiger partial charge in [-0.15, -0.1) is 0 Å². The molecule has 1 heterocycles. The van der Waals surface area contributed by atoms with Gasteiger partial charge in [0.05, 0.1) is 24.4 Å². The molecule has 2 atom stereocenters. The zero-order valence-electron chi connectivity index (χ0n) is 14.0. The number of benzene rings is 1. The minimum absolute atomic E-state index is 0.00313. The first-order chi connectivity index (χ1) is 9.70. The summed E-state index contributed by atoms with van der Waals surface area (Å²) >= 11 is 0. The van der Waals surface area contributed by atoms with E-state index in [4.69, 9.17) is 15.3 Å². The molecule has 3 N–H and O–H groups in total. The Kier molecular flexibility index (Phi) is 4.34. The molecule has 0 bridgehead atoms. The minimum Gasteiger partial charge on any atom is -0.496 e. The van der Waals surface area contributed by atoms with Gasteiger partial charge in [0, 0.05) is 11.5 Å². The van der Waals surface area contributed by atoms with E-state index < -0.39 is 0 Å². The molecule has 4 heteroatoms. The Morgan fingerprint density at radius 1 is 1.33 bits per heavy atom. The molecular formula is C17H28N2O2. The summed E-state index contributed by atoms with van der Waals surface area (Å²) in [5.74, 6) is 7.04. The monoisotopic (exact) mass is 292 g/mol. The van der Waals surface area contributed by atoms with Gasteiger partial charge in [-0.25, -0.2) is 0 Å². The van der Waals surface area contributed by atoms with E-state index in [0.29, 0.717) is 0 Å². The average molecular weight is 292 g/mol. The summed E-state index contributed by atoms with van der Waals surface area (Å²) in [5.41, 5.74) is 4.91. The van der Waals surface area contributed by atoms with Gasteiger partial charge in [-0.2, -0.15) is 0 Å². The highest BCUT2D eigenvalue weighted by Crippen LogP contribution is 2.48. The third-order valence-corrected chi connectivity index (χ3v) is 4.45. The standard InChI is InChI=1S/C17H28N2O2/c1-11-7-8-14(20-6)12(9-11)15(19-18)13-10-16(2,3)21-17(13,4)5/h7-9,13,15,19H,10,18H2,1-6H3. The van der Waals surface area contributed by atoms with Gasteiger partial charge in [0.1, 0.15) is 5.75 Å². The Morgan fingerprint density at radius 2 is 2.00 bits per heavy atom. The van der Waals surface area contributed by atoms with Crippen molar-refractivity contribution in [1.82, 2.24) is 5.43 Å². The van der Waals surface area contributed by atoms with Crippen LogP contribution in [-0.4, -0.2) is 18.3 Å². The van der Waals surface area contributed by atoms with Crippen LogP contribution in [0.2, 0.25) is 0 Å². The molecule has 1 aliphatic rings. The molecule has 0 amide bonds.